The van der Waals surface area contributed by atoms with Crippen molar-refractivity contribution in [3.63, 3.8) is 0 Å². The average molecular weight is 210 g/mol. The van der Waals surface area contributed by atoms with Crippen LogP contribution < -0.4 is 5.32 Å². The summed E-state index contributed by atoms with van der Waals surface area (Å²) in [5, 5.41) is 9.04. The molecule has 2 unspecified atom stereocenters. The summed E-state index contributed by atoms with van der Waals surface area (Å²) < 4.78 is 5.28. The van der Waals surface area contributed by atoms with Crippen molar-refractivity contribution in [1.29, 1.82) is 0 Å². The lowest BCUT2D eigenvalue weighted by atomic mass is 10.2. The third-order valence-electron chi connectivity index (χ3n) is 2.70. The van der Waals surface area contributed by atoms with Crippen LogP contribution in [0.3, 0.4) is 0 Å². The molecule has 1 aliphatic carbocycles. The number of hydrogen-bond acceptors (Lipinski definition) is 4. The van der Waals surface area contributed by atoms with Gasteiger partial charge in [0.25, 0.3) is 5.91 Å². The Morgan fingerprint density at radius 3 is 3.20 bits per heavy atom. The Morgan fingerprint density at radius 2 is 2.53 bits per heavy atom. The average Bonchev–Trinajstić information content (AvgIpc) is 2.87. The summed E-state index contributed by atoms with van der Waals surface area (Å²) in [5.41, 5.74) is 0. The van der Waals surface area contributed by atoms with Crippen LogP contribution in [0.4, 0.5) is 0 Å². The summed E-state index contributed by atoms with van der Waals surface area (Å²) in [5.74, 6) is 0.0261. The van der Waals surface area contributed by atoms with Crippen LogP contribution in [-0.2, 0) is 4.74 Å². The van der Waals surface area contributed by atoms with Gasteiger partial charge < -0.3 is 10.1 Å². The van der Waals surface area contributed by atoms with Crippen molar-refractivity contribution >= 4 is 5.91 Å². The third-order valence-corrected chi connectivity index (χ3v) is 2.70. The van der Waals surface area contributed by atoms with E-state index in [1.54, 1.807) is 7.11 Å². The van der Waals surface area contributed by atoms with Crippen LogP contribution in [0.25, 0.3) is 0 Å². The molecule has 1 aromatic rings. The minimum atomic E-state index is -0.221. The van der Waals surface area contributed by atoms with E-state index in [0.717, 1.165) is 19.3 Å². The van der Waals surface area contributed by atoms with Crippen molar-refractivity contribution in [2.45, 2.75) is 31.4 Å². The lowest BCUT2D eigenvalue weighted by Crippen LogP contribution is -2.41. The molecule has 82 valence electrons. The van der Waals surface area contributed by atoms with E-state index >= 15 is 0 Å². The van der Waals surface area contributed by atoms with E-state index in [4.69, 9.17) is 4.74 Å². The van der Waals surface area contributed by atoms with Gasteiger partial charge in [0.1, 0.15) is 6.33 Å². The second kappa shape index (κ2) is 4.39. The van der Waals surface area contributed by atoms with Gasteiger partial charge in [0.15, 0.2) is 0 Å². The lowest BCUT2D eigenvalue weighted by Gasteiger charge is -2.18. The summed E-state index contributed by atoms with van der Waals surface area (Å²) in [6.45, 7) is 0. The van der Waals surface area contributed by atoms with Crippen LogP contribution >= 0.6 is 0 Å². The normalized spacial score (nSPS) is 25.4. The number of carbonyl (C=O) groups is 1. The topological polar surface area (TPSA) is 79.9 Å². The first-order valence-electron chi connectivity index (χ1n) is 5.00. The van der Waals surface area contributed by atoms with Crippen molar-refractivity contribution < 1.29 is 9.53 Å². The molecule has 0 bridgehead atoms. The second-order valence-corrected chi connectivity index (χ2v) is 3.62. The Balaban J connectivity index is 1.94. The largest absolute Gasteiger partial charge is 0.379 e. The van der Waals surface area contributed by atoms with Gasteiger partial charge in [0.2, 0.25) is 5.82 Å². The highest BCUT2D eigenvalue weighted by Crippen LogP contribution is 2.21. The maximum Gasteiger partial charge on any atom is 0.288 e. The number of carbonyl (C=O) groups excluding carboxylic acids is 1. The highest BCUT2D eigenvalue weighted by atomic mass is 16.5. The molecule has 15 heavy (non-hydrogen) atoms. The summed E-state index contributed by atoms with van der Waals surface area (Å²) >= 11 is 0. The van der Waals surface area contributed by atoms with E-state index in [1.807, 2.05) is 0 Å². The molecule has 1 aromatic heterocycles. The molecule has 1 amide bonds. The lowest BCUT2D eigenvalue weighted by molar-refractivity contribution is 0.0716. The van der Waals surface area contributed by atoms with Crippen LogP contribution in [0.1, 0.15) is 29.9 Å². The number of ether oxygens (including phenoxy) is 1. The molecule has 2 N–H and O–H groups in total. The van der Waals surface area contributed by atoms with E-state index in [-0.39, 0.29) is 23.9 Å². The number of aromatic nitrogens is 3. The third kappa shape index (κ3) is 2.15. The standard InChI is InChI=1S/C9H14N4O2/c1-15-7-4-2-3-6(7)12-9(14)8-10-5-11-13-8/h5-7H,2-4H2,1H3,(H,12,14)(H,10,11,13). The first kappa shape index (κ1) is 10.1. The highest BCUT2D eigenvalue weighted by Gasteiger charge is 2.29. The van der Waals surface area contributed by atoms with Gasteiger partial charge in [0, 0.05) is 7.11 Å². The quantitative estimate of drug-likeness (QED) is 0.741. The molecule has 1 saturated carbocycles. The summed E-state index contributed by atoms with van der Waals surface area (Å²) in [7, 11) is 1.67. The zero-order valence-electron chi connectivity index (χ0n) is 8.56. The molecule has 1 aliphatic rings. The first-order valence-corrected chi connectivity index (χ1v) is 5.00. The first-order chi connectivity index (χ1) is 7.31. The molecule has 1 heterocycles. The zero-order chi connectivity index (χ0) is 10.7. The fourth-order valence-corrected chi connectivity index (χ4v) is 1.92. The van der Waals surface area contributed by atoms with Crippen molar-refractivity contribution in [2.75, 3.05) is 7.11 Å². The predicted molar refractivity (Wildman–Crippen MR) is 52.3 cm³/mol. The minimum absolute atomic E-state index is 0.0904. The summed E-state index contributed by atoms with van der Waals surface area (Å²) in [6, 6.07) is 0.0904. The smallest absolute Gasteiger partial charge is 0.288 e. The number of rotatable bonds is 3. The van der Waals surface area contributed by atoms with Gasteiger partial charge in [-0.25, -0.2) is 4.98 Å². The van der Waals surface area contributed by atoms with E-state index in [2.05, 4.69) is 20.5 Å². The minimum Gasteiger partial charge on any atom is -0.379 e. The van der Waals surface area contributed by atoms with Gasteiger partial charge in [-0.3, -0.25) is 9.89 Å². The Kier molecular flexibility index (Phi) is 2.96. The number of nitrogens with zero attached hydrogens (tertiary/aromatic N) is 2. The Labute approximate surface area is 87.4 Å². The van der Waals surface area contributed by atoms with Crippen LogP contribution in [0.15, 0.2) is 6.33 Å². The van der Waals surface area contributed by atoms with Crippen LogP contribution in [0.5, 0.6) is 0 Å². The van der Waals surface area contributed by atoms with E-state index in [9.17, 15) is 4.79 Å². The molecular formula is C9H14N4O2. The zero-order valence-corrected chi connectivity index (χ0v) is 8.56. The molecule has 0 aromatic carbocycles. The molecule has 0 spiro atoms. The molecule has 6 heteroatoms. The van der Waals surface area contributed by atoms with E-state index in [0.29, 0.717) is 0 Å². The maximum absolute atomic E-state index is 11.6. The van der Waals surface area contributed by atoms with Gasteiger partial charge in [-0.2, -0.15) is 5.10 Å². The number of methoxy groups -OCH3 is 1. The highest BCUT2D eigenvalue weighted by molar-refractivity contribution is 5.90. The van der Waals surface area contributed by atoms with Gasteiger partial charge in [0.05, 0.1) is 12.1 Å². The predicted octanol–water partition coefficient (Wildman–Crippen LogP) is 0.102. The molecule has 0 aliphatic heterocycles. The van der Waals surface area contributed by atoms with E-state index in [1.165, 1.54) is 6.33 Å². The van der Waals surface area contributed by atoms with Gasteiger partial charge >= 0.3 is 0 Å². The molecule has 0 radical (unpaired) electrons. The van der Waals surface area contributed by atoms with Crippen molar-refractivity contribution in [1.82, 2.24) is 20.5 Å². The van der Waals surface area contributed by atoms with Gasteiger partial charge in [-0.1, -0.05) is 0 Å². The number of hydrogen-bond donors (Lipinski definition) is 2. The molecule has 1 fully saturated rings. The molecule has 0 saturated heterocycles. The summed E-state index contributed by atoms with van der Waals surface area (Å²) in [6.07, 6.45) is 4.48. The fourth-order valence-electron chi connectivity index (χ4n) is 1.92. The van der Waals surface area contributed by atoms with Crippen LogP contribution in [-0.4, -0.2) is 40.3 Å². The number of H-pyrrole nitrogens is 1. The number of aromatic amines is 1. The van der Waals surface area contributed by atoms with Crippen molar-refractivity contribution in [3.05, 3.63) is 12.2 Å². The Hall–Kier alpha value is -1.43. The van der Waals surface area contributed by atoms with Gasteiger partial charge in [-0.05, 0) is 19.3 Å². The van der Waals surface area contributed by atoms with Crippen molar-refractivity contribution in [2.24, 2.45) is 0 Å². The second-order valence-electron chi connectivity index (χ2n) is 3.62. The number of nitrogens with one attached hydrogen (secondary N) is 2. The molecule has 2 rings (SSSR count). The molecule has 2 atom stereocenters. The van der Waals surface area contributed by atoms with E-state index < -0.39 is 0 Å². The maximum atomic E-state index is 11.6. The Bertz CT molecular complexity index is 325. The summed E-state index contributed by atoms with van der Waals surface area (Å²) in [4.78, 5) is 15.4. The number of amides is 1. The SMILES string of the molecule is COC1CCCC1NC(=O)c1ncn[nH]1. The van der Waals surface area contributed by atoms with Crippen LogP contribution in [0.2, 0.25) is 0 Å². The molecular weight excluding hydrogens is 196 g/mol. The molecule has 6 nitrogen and oxygen atoms in total. The van der Waals surface area contributed by atoms with Crippen LogP contribution in [0, 0.1) is 0 Å². The van der Waals surface area contributed by atoms with Crippen molar-refractivity contribution in [3.8, 4) is 0 Å². The fraction of sp³-hybridized carbons (Fsp3) is 0.667. The Morgan fingerprint density at radius 1 is 1.67 bits per heavy atom. The monoisotopic (exact) mass is 210 g/mol. The van der Waals surface area contributed by atoms with Gasteiger partial charge in [-0.15, -0.1) is 0 Å².